The number of H-pyrrole nitrogens is 1. The maximum atomic E-state index is 12.6. The Hall–Kier alpha value is -2.37. The van der Waals surface area contributed by atoms with Crippen molar-refractivity contribution in [3.8, 4) is 0 Å². The number of aromatic amines is 1. The van der Waals surface area contributed by atoms with Gasteiger partial charge in [0.25, 0.3) is 0 Å². The van der Waals surface area contributed by atoms with E-state index in [1.807, 2.05) is 47.0 Å². The fraction of sp³-hybridized carbons (Fsp3) is 0.278. The minimum atomic E-state index is -0.160. The van der Waals surface area contributed by atoms with E-state index in [0.29, 0.717) is 6.61 Å². The molecule has 0 spiro atoms. The molecule has 2 unspecified atom stereocenters. The first-order valence-corrected chi connectivity index (χ1v) is 7.91. The van der Waals surface area contributed by atoms with Gasteiger partial charge in [0.15, 0.2) is 0 Å². The van der Waals surface area contributed by atoms with E-state index in [2.05, 4.69) is 22.4 Å². The van der Waals surface area contributed by atoms with Crippen LogP contribution in [0.2, 0.25) is 0 Å². The Bertz CT molecular complexity index is 847. The van der Waals surface area contributed by atoms with Crippen LogP contribution in [0.3, 0.4) is 0 Å². The van der Waals surface area contributed by atoms with Crippen LogP contribution in [0, 0.1) is 0 Å². The number of hydrogen-bond donors (Lipinski definition) is 2. The summed E-state index contributed by atoms with van der Waals surface area (Å²) in [6.07, 6.45) is -0.0805. The van der Waals surface area contributed by atoms with Gasteiger partial charge in [0, 0.05) is 13.1 Å². The highest BCUT2D eigenvalue weighted by Gasteiger charge is 2.30. The van der Waals surface area contributed by atoms with Gasteiger partial charge in [-0.25, -0.2) is 4.79 Å². The molecule has 1 aromatic heterocycles. The van der Waals surface area contributed by atoms with Crippen molar-refractivity contribution in [2.75, 3.05) is 19.7 Å². The lowest BCUT2D eigenvalue weighted by molar-refractivity contribution is 0.00497. The smallest absolute Gasteiger partial charge is 0.327 e. The summed E-state index contributed by atoms with van der Waals surface area (Å²) in [5.74, 6) is 0. The number of imidazole rings is 1. The van der Waals surface area contributed by atoms with Gasteiger partial charge in [0.2, 0.25) is 0 Å². The van der Waals surface area contributed by atoms with E-state index in [1.165, 1.54) is 0 Å². The zero-order valence-corrected chi connectivity index (χ0v) is 12.7. The Morgan fingerprint density at radius 1 is 1.09 bits per heavy atom. The van der Waals surface area contributed by atoms with Crippen LogP contribution in [0.1, 0.15) is 11.6 Å². The molecule has 3 aromatic rings. The standard InChI is InChI=1S/C18H19N3O2/c22-18-20-14-8-4-5-9-15(14)21(18)17(13-6-2-1-3-7-13)16-12-19-10-11-23-16/h1-9,16-17,19H,10-12H2,(H,20,22). The van der Waals surface area contributed by atoms with Crippen molar-refractivity contribution < 1.29 is 4.74 Å². The Labute approximate surface area is 133 Å². The summed E-state index contributed by atoms with van der Waals surface area (Å²) in [5.41, 5.74) is 2.73. The van der Waals surface area contributed by atoms with Gasteiger partial charge in [-0.15, -0.1) is 0 Å². The zero-order valence-electron chi connectivity index (χ0n) is 12.7. The van der Waals surface area contributed by atoms with Crippen LogP contribution in [0.25, 0.3) is 11.0 Å². The molecular formula is C18H19N3O2. The second-order valence-electron chi connectivity index (χ2n) is 5.79. The molecule has 1 fully saturated rings. The minimum absolute atomic E-state index is 0.0805. The fourth-order valence-corrected chi connectivity index (χ4v) is 3.32. The molecule has 23 heavy (non-hydrogen) atoms. The summed E-state index contributed by atoms with van der Waals surface area (Å²) in [6, 6.07) is 17.7. The van der Waals surface area contributed by atoms with Crippen molar-refractivity contribution >= 4 is 11.0 Å². The number of para-hydroxylation sites is 2. The first-order chi connectivity index (χ1) is 11.3. The number of morpholine rings is 1. The summed E-state index contributed by atoms with van der Waals surface area (Å²) in [5, 5.41) is 3.36. The van der Waals surface area contributed by atoms with Gasteiger partial charge < -0.3 is 15.0 Å². The van der Waals surface area contributed by atoms with Crippen LogP contribution in [0.15, 0.2) is 59.4 Å². The lowest BCUT2D eigenvalue weighted by Crippen LogP contribution is -2.45. The Kier molecular flexibility index (Phi) is 3.73. The summed E-state index contributed by atoms with van der Waals surface area (Å²) in [4.78, 5) is 15.6. The zero-order chi connectivity index (χ0) is 15.6. The van der Waals surface area contributed by atoms with E-state index in [9.17, 15) is 4.79 Å². The Morgan fingerprint density at radius 3 is 2.65 bits per heavy atom. The van der Waals surface area contributed by atoms with E-state index in [1.54, 1.807) is 0 Å². The summed E-state index contributed by atoms with van der Waals surface area (Å²) >= 11 is 0. The van der Waals surface area contributed by atoms with Crippen molar-refractivity contribution in [3.63, 3.8) is 0 Å². The van der Waals surface area contributed by atoms with Crippen molar-refractivity contribution in [1.82, 2.24) is 14.9 Å². The van der Waals surface area contributed by atoms with Crippen molar-refractivity contribution in [2.45, 2.75) is 12.1 Å². The van der Waals surface area contributed by atoms with Gasteiger partial charge in [-0.3, -0.25) is 4.57 Å². The molecule has 5 nitrogen and oxygen atoms in total. The van der Waals surface area contributed by atoms with Gasteiger partial charge in [-0.2, -0.15) is 0 Å². The molecule has 2 heterocycles. The van der Waals surface area contributed by atoms with Crippen LogP contribution in [0.4, 0.5) is 0 Å². The quantitative estimate of drug-likeness (QED) is 0.777. The number of nitrogens with one attached hydrogen (secondary N) is 2. The van der Waals surface area contributed by atoms with E-state index < -0.39 is 0 Å². The molecule has 0 amide bonds. The van der Waals surface area contributed by atoms with Crippen LogP contribution in [-0.4, -0.2) is 35.4 Å². The van der Waals surface area contributed by atoms with Crippen molar-refractivity contribution in [2.24, 2.45) is 0 Å². The molecule has 0 saturated carbocycles. The molecule has 0 aliphatic carbocycles. The maximum Gasteiger partial charge on any atom is 0.327 e. The average molecular weight is 309 g/mol. The molecule has 118 valence electrons. The third-order valence-corrected chi connectivity index (χ3v) is 4.35. The molecule has 1 aliphatic rings. The number of ether oxygens (including phenoxy) is 1. The highest BCUT2D eigenvalue weighted by atomic mass is 16.5. The minimum Gasteiger partial charge on any atom is -0.373 e. The van der Waals surface area contributed by atoms with Gasteiger partial charge in [-0.05, 0) is 17.7 Å². The van der Waals surface area contributed by atoms with Crippen LogP contribution in [0.5, 0.6) is 0 Å². The summed E-state index contributed by atoms with van der Waals surface area (Å²) in [7, 11) is 0. The van der Waals surface area contributed by atoms with E-state index >= 15 is 0 Å². The number of rotatable bonds is 3. The molecule has 2 atom stereocenters. The number of benzene rings is 2. The number of hydrogen-bond acceptors (Lipinski definition) is 3. The molecule has 4 rings (SSSR count). The SMILES string of the molecule is O=c1[nH]c2ccccc2n1C(c1ccccc1)C1CNCCO1. The second kappa shape index (κ2) is 6.02. The molecule has 0 radical (unpaired) electrons. The lowest BCUT2D eigenvalue weighted by Gasteiger charge is -2.32. The third kappa shape index (κ3) is 2.58. The first-order valence-electron chi connectivity index (χ1n) is 7.91. The molecule has 5 heteroatoms. The van der Waals surface area contributed by atoms with E-state index in [4.69, 9.17) is 4.74 Å². The maximum absolute atomic E-state index is 12.6. The van der Waals surface area contributed by atoms with Gasteiger partial charge in [0.1, 0.15) is 0 Å². The monoisotopic (exact) mass is 309 g/mol. The van der Waals surface area contributed by atoms with E-state index in [0.717, 1.165) is 29.7 Å². The lowest BCUT2D eigenvalue weighted by atomic mass is 10.00. The predicted molar refractivity (Wildman–Crippen MR) is 89.7 cm³/mol. The first kappa shape index (κ1) is 14.2. The Morgan fingerprint density at radius 2 is 1.87 bits per heavy atom. The molecule has 1 saturated heterocycles. The molecule has 2 aromatic carbocycles. The predicted octanol–water partition coefficient (Wildman–Crippen LogP) is 1.91. The molecule has 0 bridgehead atoms. The largest absolute Gasteiger partial charge is 0.373 e. The number of fused-ring (bicyclic) bond motifs is 1. The van der Waals surface area contributed by atoms with Gasteiger partial charge in [-0.1, -0.05) is 42.5 Å². The summed E-state index contributed by atoms with van der Waals surface area (Å²) in [6.45, 7) is 2.23. The highest BCUT2D eigenvalue weighted by Crippen LogP contribution is 2.27. The molecule has 1 aliphatic heterocycles. The van der Waals surface area contributed by atoms with Crippen LogP contribution < -0.4 is 11.0 Å². The van der Waals surface area contributed by atoms with Gasteiger partial charge in [0.05, 0.1) is 29.8 Å². The second-order valence-corrected chi connectivity index (χ2v) is 5.79. The summed E-state index contributed by atoms with van der Waals surface area (Å²) < 4.78 is 7.81. The third-order valence-electron chi connectivity index (χ3n) is 4.35. The van der Waals surface area contributed by atoms with Crippen LogP contribution >= 0.6 is 0 Å². The van der Waals surface area contributed by atoms with Crippen molar-refractivity contribution in [3.05, 3.63) is 70.6 Å². The highest BCUT2D eigenvalue weighted by molar-refractivity contribution is 5.75. The molecule has 2 N–H and O–H groups in total. The van der Waals surface area contributed by atoms with Crippen molar-refractivity contribution in [1.29, 1.82) is 0 Å². The average Bonchev–Trinajstić information content (AvgIpc) is 2.94. The Balaban J connectivity index is 1.90. The number of nitrogens with zero attached hydrogens (tertiary/aromatic N) is 1. The van der Waals surface area contributed by atoms with Crippen LogP contribution in [-0.2, 0) is 4.74 Å². The topological polar surface area (TPSA) is 59.0 Å². The van der Waals surface area contributed by atoms with Gasteiger partial charge >= 0.3 is 5.69 Å². The van der Waals surface area contributed by atoms with E-state index in [-0.39, 0.29) is 17.8 Å². The molecular weight excluding hydrogens is 290 g/mol. The normalized spacial score (nSPS) is 19.7. The fourth-order valence-electron chi connectivity index (χ4n) is 3.32. The number of aromatic nitrogens is 2.